The van der Waals surface area contributed by atoms with Crippen LogP contribution in [0.15, 0.2) is 48.2 Å². The number of hydrogen-bond donors (Lipinski definition) is 1. The van der Waals surface area contributed by atoms with Crippen molar-refractivity contribution < 1.29 is 5.11 Å². The number of hydrogen-bond acceptors (Lipinski definition) is 4. The average molecular weight is 308 g/mol. The Bertz CT molecular complexity index is 778. The first-order valence-electron chi connectivity index (χ1n) is 7.93. The number of allylic oxidation sites excluding steroid dienone is 1. The van der Waals surface area contributed by atoms with E-state index < -0.39 is 0 Å². The molecule has 1 aromatic heterocycles. The summed E-state index contributed by atoms with van der Waals surface area (Å²) in [5, 5.41) is 18.4. The zero-order chi connectivity index (χ0) is 16.0. The van der Waals surface area contributed by atoms with E-state index in [1.807, 2.05) is 31.2 Å². The summed E-state index contributed by atoms with van der Waals surface area (Å²) in [5.74, 6) is 1.82. The van der Waals surface area contributed by atoms with Crippen molar-refractivity contribution in [2.24, 2.45) is 0 Å². The van der Waals surface area contributed by atoms with Gasteiger partial charge in [0.1, 0.15) is 5.82 Å². The van der Waals surface area contributed by atoms with Crippen molar-refractivity contribution in [1.29, 1.82) is 0 Å². The van der Waals surface area contributed by atoms with Crippen molar-refractivity contribution in [1.82, 2.24) is 19.7 Å². The van der Waals surface area contributed by atoms with Crippen LogP contribution in [0.5, 0.6) is 0 Å². The summed E-state index contributed by atoms with van der Waals surface area (Å²) in [7, 11) is 0. The van der Waals surface area contributed by atoms with Crippen LogP contribution in [0.2, 0.25) is 0 Å². The van der Waals surface area contributed by atoms with Crippen molar-refractivity contribution >= 4 is 6.08 Å². The van der Waals surface area contributed by atoms with E-state index in [9.17, 15) is 5.11 Å². The fourth-order valence-corrected chi connectivity index (χ4v) is 3.80. The van der Waals surface area contributed by atoms with Crippen molar-refractivity contribution in [3.8, 4) is 0 Å². The van der Waals surface area contributed by atoms with Gasteiger partial charge in [-0.15, -0.1) is 10.2 Å². The first kappa shape index (κ1) is 14.2. The van der Waals surface area contributed by atoms with E-state index in [-0.39, 0.29) is 24.7 Å². The van der Waals surface area contributed by atoms with Crippen LogP contribution in [0.4, 0.5) is 0 Å². The Hall–Kier alpha value is -2.40. The number of benzene rings is 1. The molecular formula is C18H20N4O. The van der Waals surface area contributed by atoms with Crippen LogP contribution in [0.3, 0.4) is 0 Å². The van der Waals surface area contributed by atoms with Crippen molar-refractivity contribution in [3.05, 3.63) is 65.4 Å². The average Bonchev–Trinajstić information content (AvgIpc) is 3.10. The van der Waals surface area contributed by atoms with Gasteiger partial charge in [-0.2, -0.15) is 0 Å². The maximum Gasteiger partial charge on any atom is 0.157 e. The van der Waals surface area contributed by atoms with E-state index in [1.54, 1.807) is 0 Å². The molecule has 23 heavy (non-hydrogen) atoms. The lowest BCUT2D eigenvalue weighted by Crippen LogP contribution is -2.39. The van der Waals surface area contributed by atoms with Gasteiger partial charge < -0.3 is 14.6 Å². The third-order valence-electron chi connectivity index (χ3n) is 4.82. The number of rotatable bonds is 3. The molecule has 0 spiro atoms. The summed E-state index contributed by atoms with van der Waals surface area (Å²) in [4.78, 5) is 2.30. The summed E-state index contributed by atoms with van der Waals surface area (Å²) in [5.41, 5.74) is 2.30. The van der Waals surface area contributed by atoms with Crippen LogP contribution in [-0.4, -0.2) is 37.4 Å². The zero-order valence-corrected chi connectivity index (χ0v) is 13.3. The Kier molecular flexibility index (Phi) is 3.31. The minimum atomic E-state index is -0.0505. The number of aliphatic hydroxyl groups excluding tert-OH is 1. The van der Waals surface area contributed by atoms with Gasteiger partial charge >= 0.3 is 0 Å². The van der Waals surface area contributed by atoms with E-state index >= 15 is 0 Å². The largest absolute Gasteiger partial charge is 0.394 e. The second-order valence-electron chi connectivity index (χ2n) is 6.14. The molecular weight excluding hydrogens is 288 g/mol. The number of aliphatic hydroxyl groups is 1. The van der Waals surface area contributed by atoms with Gasteiger partial charge in [0.2, 0.25) is 0 Å². The molecule has 3 atom stereocenters. The second-order valence-corrected chi connectivity index (χ2v) is 6.14. The van der Waals surface area contributed by atoms with Crippen LogP contribution in [0, 0.1) is 6.92 Å². The molecule has 4 rings (SSSR count). The number of nitrogens with zero attached hydrogens (tertiary/aromatic N) is 4. The smallest absolute Gasteiger partial charge is 0.157 e. The van der Waals surface area contributed by atoms with Crippen LogP contribution < -0.4 is 0 Å². The molecule has 1 N–H and O–H groups in total. The quantitative estimate of drug-likeness (QED) is 0.946. The van der Waals surface area contributed by atoms with Gasteiger partial charge in [0.25, 0.3) is 0 Å². The maximum atomic E-state index is 10.0. The highest BCUT2D eigenvalue weighted by atomic mass is 16.3. The van der Waals surface area contributed by atoms with Crippen LogP contribution in [0.25, 0.3) is 6.08 Å². The topological polar surface area (TPSA) is 54.2 Å². The summed E-state index contributed by atoms with van der Waals surface area (Å²) in [6.07, 6.45) is 6.45. The Morgan fingerprint density at radius 2 is 1.91 bits per heavy atom. The molecule has 0 saturated carbocycles. The molecule has 2 aromatic rings. The first-order valence-corrected chi connectivity index (χ1v) is 7.93. The van der Waals surface area contributed by atoms with Crippen LogP contribution in [-0.2, 0) is 0 Å². The lowest BCUT2D eigenvalue weighted by Gasteiger charge is -2.38. The van der Waals surface area contributed by atoms with Crippen molar-refractivity contribution in [2.75, 3.05) is 6.61 Å². The van der Waals surface area contributed by atoms with Gasteiger partial charge in [-0.25, -0.2) is 0 Å². The lowest BCUT2D eigenvalue weighted by atomic mass is 10.0. The molecule has 0 radical (unpaired) electrons. The van der Waals surface area contributed by atoms with E-state index in [0.29, 0.717) is 0 Å². The van der Waals surface area contributed by atoms with E-state index in [0.717, 1.165) is 17.2 Å². The molecule has 3 unspecified atom stereocenters. The minimum Gasteiger partial charge on any atom is -0.394 e. The van der Waals surface area contributed by atoms with Crippen molar-refractivity contribution in [2.45, 2.75) is 32.0 Å². The normalized spacial score (nSPS) is 23.4. The van der Waals surface area contributed by atoms with E-state index in [2.05, 4.69) is 50.9 Å². The molecule has 3 heterocycles. The van der Waals surface area contributed by atoms with Crippen LogP contribution in [0.1, 0.15) is 36.2 Å². The molecule has 0 fully saturated rings. The SMILES string of the molecule is CC1=CC2C(C=Cc3nnc(C)n32)N1C(CO)c1ccccc1. The fraction of sp³-hybridized carbons (Fsp3) is 0.333. The van der Waals surface area contributed by atoms with Gasteiger partial charge in [-0.05, 0) is 31.6 Å². The third-order valence-corrected chi connectivity index (χ3v) is 4.82. The number of aryl methyl sites for hydroxylation is 1. The van der Waals surface area contributed by atoms with Gasteiger partial charge in [-0.1, -0.05) is 36.4 Å². The van der Waals surface area contributed by atoms with Crippen molar-refractivity contribution in [3.63, 3.8) is 0 Å². The lowest BCUT2D eigenvalue weighted by molar-refractivity contribution is 0.131. The summed E-state index contributed by atoms with van der Waals surface area (Å²) < 4.78 is 2.17. The van der Waals surface area contributed by atoms with Gasteiger partial charge in [0, 0.05) is 5.70 Å². The third kappa shape index (κ3) is 2.11. The monoisotopic (exact) mass is 308 g/mol. The molecule has 0 saturated heterocycles. The Morgan fingerprint density at radius 1 is 1.13 bits per heavy atom. The van der Waals surface area contributed by atoms with Gasteiger partial charge in [-0.3, -0.25) is 0 Å². The molecule has 5 heteroatoms. The molecule has 0 bridgehead atoms. The minimum absolute atomic E-state index is 0.0505. The highest BCUT2D eigenvalue weighted by Gasteiger charge is 2.39. The second kappa shape index (κ2) is 5.35. The maximum absolute atomic E-state index is 10.0. The summed E-state index contributed by atoms with van der Waals surface area (Å²) in [6.45, 7) is 4.18. The van der Waals surface area contributed by atoms with Gasteiger partial charge in [0.05, 0.1) is 24.7 Å². The van der Waals surface area contributed by atoms with Gasteiger partial charge in [0.15, 0.2) is 5.82 Å². The molecule has 0 amide bonds. The Labute approximate surface area is 135 Å². The van der Waals surface area contributed by atoms with Crippen LogP contribution >= 0.6 is 0 Å². The Balaban J connectivity index is 1.75. The molecule has 2 aliphatic heterocycles. The summed E-state index contributed by atoms with van der Waals surface area (Å²) in [6, 6.07) is 10.5. The highest BCUT2D eigenvalue weighted by Crippen LogP contribution is 2.41. The fourth-order valence-electron chi connectivity index (χ4n) is 3.80. The molecule has 1 aromatic carbocycles. The molecule has 2 aliphatic rings. The Morgan fingerprint density at radius 3 is 2.65 bits per heavy atom. The number of aromatic nitrogens is 3. The molecule has 5 nitrogen and oxygen atoms in total. The zero-order valence-electron chi connectivity index (χ0n) is 13.3. The predicted octanol–water partition coefficient (Wildman–Crippen LogP) is 2.48. The first-order chi connectivity index (χ1) is 11.2. The molecule has 118 valence electrons. The highest BCUT2D eigenvalue weighted by molar-refractivity contribution is 5.48. The van der Waals surface area contributed by atoms with E-state index in [1.165, 1.54) is 5.70 Å². The predicted molar refractivity (Wildman–Crippen MR) is 88.5 cm³/mol. The molecule has 0 aliphatic carbocycles. The standard InChI is InChI=1S/C18H20N4O/c1-12-10-16-15(8-9-18-20-19-13(2)22(16)18)21(12)17(11-23)14-6-4-3-5-7-14/h3-10,15-17,23H,11H2,1-2H3. The summed E-state index contributed by atoms with van der Waals surface area (Å²) >= 11 is 0. The number of fused-ring (bicyclic) bond motifs is 3. The van der Waals surface area contributed by atoms with E-state index in [4.69, 9.17) is 0 Å².